The highest BCUT2D eigenvalue weighted by Crippen LogP contribution is 2.61. The maximum atomic E-state index is 14.3. The molecule has 0 aromatic heterocycles. The van der Waals surface area contributed by atoms with Crippen molar-refractivity contribution in [2.24, 2.45) is 58.7 Å². The molecule has 6 rings (SSSR count). The van der Waals surface area contributed by atoms with Crippen molar-refractivity contribution in [2.45, 2.75) is 136 Å². The Labute approximate surface area is 319 Å². The molecule has 2 bridgehead atoms. The van der Waals surface area contributed by atoms with E-state index in [4.69, 9.17) is 9.57 Å². The van der Waals surface area contributed by atoms with Crippen LogP contribution in [0.15, 0.2) is 0 Å². The van der Waals surface area contributed by atoms with Crippen molar-refractivity contribution in [3.63, 3.8) is 0 Å². The van der Waals surface area contributed by atoms with E-state index in [1.54, 1.807) is 19.1 Å². The largest absolute Gasteiger partial charge is 0.394 e. The van der Waals surface area contributed by atoms with Crippen molar-refractivity contribution in [3.8, 4) is 0 Å². The fraction of sp³-hybridized carbons (Fsp3) is 0.927. The van der Waals surface area contributed by atoms with Gasteiger partial charge in [0.2, 0.25) is 17.7 Å². The van der Waals surface area contributed by atoms with Gasteiger partial charge in [0.1, 0.15) is 12.1 Å². The number of hydrogen-bond acceptors (Lipinski definition) is 9. The third-order valence-electron chi connectivity index (χ3n) is 14.5. The summed E-state index contributed by atoms with van der Waals surface area (Å²) in [6, 6.07) is -0.377. The first-order valence-corrected chi connectivity index (χ1v) is 20.8. The first kappa shape index (κ1) is 42.3. The maximum absolute atomic E-state index is 14.3. The first-order valence-electron chi connectivity index (χ1n) is 20.8. The quantitative estimate of drug-likeness (QED) is 0.159. The Morgan fingerprint density at radius 1 is 1.00 bits per heavy atom. The molecule has 5 aliphatic carbocycles. The monoisotopic (exact) mass is 748 g/mol. The molecule has 53 heavy (non-hydrogen) atoms. The highest BCUT2D eigenvalue weighted by Gasteiger charge is 2.58. The average Bonchev–Trinajstić information content (AvgIpc) is 3.48. The Morgan fingerprint density at radius 3 is 2.32 bits per heavy atom. The molecule has 14 atom stereocenters. The molecule has 0 aromatic rings. The normalized spacial score (nSPS) is 39.0. The summed E-state index contributed by atoms with van der Waals surface area (Å²) in [4.78, 5) is 48.5. The molecule has 1 saturated heterocycles. The van der Waals surface area contributed by atoms with Crippen LogP contribution in [0.2, 0.25) is 0 Å². The van der Waals surface area contributed by atoms with Crippen molar-refractivity contribution in [2.75, 3.05) is 47.4 Å². The third kappa shape index (κ3) is 9.42. The van der Waals surface area contributed by atoms with Crippen LogP contribution in [-0.2, 0) is 24.0 Å². The summed E-state index contributed by atoms with van der Waals surface area (Å²) in [5.41, 5.74) is 0.306. The lowest BCUT2D eigenvalue weighted by Crippen LogP contribution is -2.62. The topological polar surface area (TPSA) is 153 Å². The number of aliphatic hydroxyl groups is 2. The van der Waals surface area contributed by atoms with Gasteiger partial charge >= 0.3 is 0 Å². The van der Waals surface area contributed by atoms with E-state index in [1.807, 2.05) is 13.8 Å². The average molecular weight is 748 g/mol. The number of carbonyl (C=O) groups excluding carboxylic acids is 3. The smallest absolute Gasteiger partial charge is 0.240 e. The number of carbonyl (C=O) groups is 3. The Hall–Kier alpha value is -1.83. The van der Waals surface area contributed by atoms with Crippen molar-refractivity contribution in [1.29, 1.82) is 0 Å². The number of aliphatic hydroxyl groups excluding tert-OH is 2. The summed E-state index contributed by atoms with van der Waals surface area (Å²) in [6.45, 7) is 13.7. The second-order valence-electron chi connectivity index (χ2n) is 18.8. The van der Waals surface area contributed by atoms with Crippen LogP contribution >= 0.6 is 0 Å². The van der Waals surface area contributed by atoms with E-state index in [0.717, 1.165) is 44.9 Å². The van der Waals surface area contributed by atoms with E-state index in [1.165, 1.54) is 6.42 Å². The zero-order valence-corrected chi connectivity index (χ0v) is 34.2. The SMILES string of the molecule is COC1C(CN2O[C@@H](CO)[C@@H]([C@H](C)O)[C@H]2C(=O)N[C@H]2C[C@H]3C[C@@H]([C@@H]2C)C3(C)C)CCCC1C1CC(C(=O)NCCNC(=O)CC(C)C)CC(N(C)C)C1. The van der Waals surface area contributed by atoms with E-state index in [-0.39, 0.29) is 72.1 Å². The molecule has 5 saturated carbocycles. The predicted molar refractivity (Wildman–Crippen MR) is 204 cm³/mol. The Kier molecular flexibility index (Phi) is 14.3. The molecule has 6 aliphatic rings. The molecule has 0 spiro atoms. The van der Waals surface area contributed by atoms with E-state index in [2.05, 4.69) is 55.7 Å². The minimum atomic E-state index is -0.842. The fourth-order valence-electron chi connectivity index (χ4n) is 11.4. The molecule has 0 radical (unpaired) electrons. The van der Waals surface area contributed by atoms with Gasteiger partial charge in [0.15, 0.2) is 0 Å². The van der Waals surface area contributed by atoms with Gasteiger partial charge < -0.3 is 35.8 Å². The summed E-state index contributed by atoms with van der Waals surface area (Å²) >= 11 is 0. The molecule has 3 amide bonds. The van der Waals surface area contributed by atoms with Gasteiger partial charge in [-0.3, -0.25) is 19.2 Å². The van der Waals surface area contributed by atoms with Gasteiger partial charge in [-0.1, -0.05) is 41.0 Å². The number of methoxy groups -OCH3 is 1. The van der Waals surface area contributed by atoms with Crippen LogP contribution in [0.4, 0.5) is 0 Å². The minimum absolute atomic E-state index is 0.0101. The third-order valence-corrected chi connectivity index (χ3v) is 14.5. The lowest BCUT2D eigenvalue weighted by Gasteiger charge is -2.62. The van der Waals surface area contributed by atoms with Crippen molar-refractivity contribution < 1.29 is 34.2 Å². The molecular formula is C41H73N5O7. The second kappa shape index (κ2) is 18.0. The maximum Gasteiger partial charge on any atom is 0.240 e. The number of ether oxygens (including phenoxy) is 1. The summed E-state index contributed by atoms with van der Waals surface area (Å²) in [6.07, 6.45) is 6.56. The van der Waals surface area contributed by atoms with Crippen LogP contribution in [0.25, 0.3) is 0 Å². The van der Waals surface area contributed by atoms with Crippen LogP contribution in [0.1, 0.15) is 99.3 Å². The van der Waals surface area contributed by atoms with Gasteiger partial charge in [0, 0.05) is 63.0 Å². The highest BCUT2D eigenvalue weighted by molar-refractivity contribution is 5.83. The van der Waals surface area contributed by atoms with Crippen molar-refractivity contribution in [1.82, 2.24) is 25.9 Å². The lowest BCUT2D eigenvalue weighted by atomic mass is 9.45. The zero-order valence-electron chi connectivity index (χ0n) is 34.2. The van der Waals surface area contributed by atoms with E-state index >= 15 is 0 Å². The second-order valence-corrected chi connectivity index (χ2v) is 18.8. The molecular weight excluding hydrogens is 674 g/mol. The number of fused-ring (bicyclic) bond motifs is 2. The molecule has 304 valence electrons. The molecule has 12 nitrogen and oxygen atoms in total. The van der Waals surface area contributed by atoms with Gasteiger partial charge in [-0.05, 0) is 107 Å². The van der Waals surface area contributed by atoms with E-state index < -0.39 is 24.2 Å². The highest BCUT2D eigenvalue weighted by atomic mass is 16.7. The predicted octanol–water partition coefficient (Wildman–Crippen LogP) is 3.20. The number of nitrogens with zero attached hydrogens (tertiary/aromatic N) is 2. The Bertz CT molecular complexity index is 1250. The fourth-order valence-corrected chi connectivity index (χ4v) is 11.4. The van der Waals surface area contributed by atoms with Crippen molar-refractivity contribution in [3.05, 3.63) is 0 Å². The van der Waals surface area contributed by atoms with Crippen molar-refractivity contribution >= 4 is 17.7 Å². The number of amides is 3. The molecule has 1 heterocycles. The molecule has 6 unspecified atom stereocenters. The lowest BCUT2D eigenvalue weighted by molar-refractivity contribution is -0.193. The van der Waals surface area contributed by atoms with Crippen LogP contribution < -0.4 is 16.0 Å². The number of hydrogen-bond donors (Lipinski definition) is 5. The number of hydroxylamine groups is 2. The molecule has 5 N–H and O–H groups in total. The first-order chi connectivity index (χ1) is 25.1. The summed E-state index contributed by atoms with van der Waals surface area (Å²) in [5, 5.41) is 32.5. The summed E-state index contributed by atoms with van der Waals surface area (Å²) in [5.74, 6) is 1.68. The Balaban J connectivity index is 1.26. The van der Waals surface area contributed by atoms with Crippen LogP contribution in [0.3, 0.4) is 0 Å². The standard InChI is InChI=1S/C41H73N5O7/c1-23(2)15-35(49)42-13-14-43-39(50)28-16-27(17-30(18-28)45(7)8)31-12-10-11-26(38(31)52-9)21-46-37(36(25(4)48)34(22-47)53-46)40(51)44-33-20-29-19-32(24(33)3)41(29,5)6/h23-34,36-38,47-48H,10-22H2,1-9H3,(H,42,49)(H,43,50)(H,44,51)/t24-,25-,26?,27?,28?,29+,30?,31?,32-,33-,34-,36+,37-,38?/m0/s1. The van der Waals surface area contributed by atoms with Crippen LogP contribution in [0, 0.1) is 58.7 Å². The van der Waals surface area contributed by atoms with Gasteiger partial charge in [-0.15, -0.1) is 0 Å². The van der Waals surface area contributed by atoms with E-state index in [9.17, 15) is 24.6 Å². The zero-order chi connectivity index (χ0) is 38.8. The van der Waals surface area contributed by atoms with Gasteiger partial charge in [-0.2, -0.15) is 5.06 Å². The van der Waals surface area contributed by atoms with Gasteiger partial charge in [0.05, 0.1) is 18.8 Å². The number of nitrogens with one attached hydrogen (secondary N) is 3. The molecule has 0 aromatic carbocycles. The van der Waals surface area contributed by atoms with E-state index in [0.29, 0.717) is 49.2 Å². The summed E-state index contributed by atoms with van der Waals surface area (Å²) < 4.78 is 6.36. The molecule has 6 fully saturated rings. The molecule has 12 heteroatoms. The van der Waals surface area contributed by atoms with Crippen LogP contribution in [-0.4, -0.2) is 122 Å². The molecule has 1 aliphatic heterocycles. The van der Waals surface area contributed by atoms with Gasteiger partial charge in [0.25, 0.3) is 0 Å². The van der Waals surface area contributed by atoms with Gasteiger partial charge in [-0.25, -0.2) is 0 Å². The van der Waals surface area contributed by atoms with Crippen LogP contribution in [0.5, 0.6) is 0 Å². The minimum Gasteiger partial charge on any atom is -0.394 e. The number of rotatable bonds is 15. The summed E-state index contributed by atoms with van der Waals surface area (Å²) in [7, 11) is 5.96. The Morgan fingerprint density at radius 2 is 1.72 bits per heavy atom.